The molecular formula is C33H21ClFN5O3. The molecule has 0 radical (unpaired) electrons. The lowest BCUT2D eigenvalue weighted by atomic mass is 10.2. The molecule has 0 saturated carbocycles. The molecule has 0 spiro atoms. The van der Waals surface area contributed by atoms with E-state index in [2.05, 4.69) is 10.4 Å². The van der Waals surface area contributed by atoms with Crippen molar-refractivity contribution in [2.75, 3.05) is 5.32 Å². The molecule has 0 fully saturated rings. The Morgan fingerprint density at radius 3 is 2.65 bits per heavy atom. The fraction of sp³-hybridized carbons (Fsp3) is 0.0303. The molecule has 0 saturated heterocycles. The predicted octanol–water partition coefficient (Wildman–Crippen LogP) is 7.08. The van der Waals surface area contributed by atoms with Crippen LogP contribution in [0.15, 0.2) is 118 Å². The van der Waals surface area contributed by atoms with Crippen molar-refractivity contribution in [1.29, 1.82) is 0 Å². The normalized spacial score (nSPS) is 11.7. The van der Waals surface area contributed by atoms with Crippen LogP contribution in [0.25, 0.3) is 44.4 Å². The standard InChI is InChI=1S/C33H21ClFN5O3/c34-22-12-13-29-20(14-22)15-30(43-29)32-38-27-10-3-1-9-26(27)33(42)40(32)36-17-21-18-39(28-11-4-2-8-25(21)28)19-31(41)37-24-7-5-6-23(35)16-24/h1-18H,19H2,(H,37,41). The number of halogens is 2. The molecule has 0 aliphatic heterocycles. The molecule has 210 valence electrons. The molecule has 43 heavy (non-hydrogen) atoms. The summed E-state index contributed by atoms with van der Waals surface area (Å²) in [5, 5.41) is 9.86. The molecule has 4 aromatic carbocycles. The molecule has 0 unspecified atom stereocenters. The van der Waals surface area contributed by atoms with Crippen molar-refractivity contribution >= 4 is 62.2 Å². The monoisotopic (exact) mass is 589 g/mol. The summed E-state index contributed by atoms with van der Waals surface area (Å²) in [6.07, 6.45) is 3.34. The van der Waals surface area contributed by atoms with Crippen molar-refractivity contribution in [2.45, 2.75) is 6.54 Å². The molecular weight excluding hydrogens is 569 g/mol. The van der Waals surface area contributed by atoms with Crippen LogP contribution in [0.2, 0.25) is 5.02 Å². The summed E-state index contributed by atoms with van der Waals surface area (Å²) in [4.78, 5) is 31.2. The molecule has 7 rings (SSSR count). The average Bonchev–Trinajstić information content (AvgIpc) is 3.57. The first-order chi connectivity index (χ1) is 20.9. The van der Waals surface area contributed by atoms with Crippen LogP contribution in [-0.4, -0.2) is 26.3 Å². The number of nitrogens with one attached hydrogen (secondary N) is 1. The Balaban J connectivity index is 1.30. The lowest BCUT2D eigenvalue weighted by Crippen LogP contribution is -2.20. The van der Waals surface area contributed by atoms with E-state index >= 15 is 0 Å². The number of hydrogen-bond donors (Lipinski definition) is 1. The van der Waals surface area contributed by atoms with Crippen LogP contribution < -0.4 is 10.9 Å². The number of benzene rings is 4. The maximum Gasteiger partial charge on any atom is 0.282 e. The van der Waals surface area contributed by atoms with Gasteiger partial charge in [0.05, 0.1) is 17.1 Å². The third kappa shape index (κ3) is 5.06. The molecule has 0 bridgehead atoms. The van der Waals surface area contributed by atoms with Gasteiger partial charge in [-0.3, -0.25) is 9.59 Å². The molecule has 1 N–H and O–H groups in total. The van der Waals surface area contributed by atoms with E-state index in [0.717, 1.165) is 16.3 Å². The van der Waals surface area contributed by atoms with E-state index in [0.29, 0.717) is 38.5 Å². The van der Waals surface area contributed by atoms with Gasteiger partial charge >= 0.3 is 0 Å². The highest BCUT2D eigenvalue weighted by atomic mass is 35.5. The number of para-hydroxylation sites is 2. The largest absolute Gasteiger partial charge is 0.453 e. The molecule has 0 aliphatic carbocycles. The van der Waals surface area contributed by atoms with Gasteiger partial charge in [-0.05, 0) is 60.7 Å². The first-order valence-electron chi connectivity index (χ1n) is 13.3. The summed E-state index contributed by atoms with van der Waals surface area (Å²) >= 11 is 6.18. The second-order valence-corrected chi connectivity index (χ2v) is 10.3. The smallest absolute Gasteiger partial charge is 0.282 e. The van der Waals surface area contributed by atoms with Gasteiger partial charge < -0.3 is 14.3 Å². The molecule has 0 atom stereocenters. The van der Waals surface area contributed by atoms with Crippen LogP contribution in [0.1, 0.15) is 5.56 Å². The van der Waals surface area contributed by atoms with Crippen LogP contribution in [0.4, 0.5) is 10.1 Å². The van der Waals surface area contributed by atoms with Crippen LogP contribution in [-0.2, 0) is 11.3 Å². The lowest BCUT2D eigenvalue weighted by molar-refractivity contribution is -0.116. The first kappa shape index (κ1) is 26.4. The molecule has 3 heterocycles. The van der Waals surface area contributed by atoms with Crippen molar-refractivity contribution in [3.8, 4) is 11.6 Å². The third-order valence-corrected chi connectivity index (χ3v) is 7.24. The van der Waals surface area contributed by atoms with Crippen LogP contribution >= 0.6 is 11.6 Å². The Hall–Kier alpha value is -5.54. The topological polar surface area (TPSA) is 94.4 Å². The van der Waals surface area contributed by atoms with E-state index in [9.17, 15) is 14.0 Å². The Bertz CT molecular complexity index is 2280. The van der Waals surface area contributed by atoms with Gasteiger partial charge in [0.25, 0.3) is 5.56 Å². The lowest BCUT2D eigenvalue weighted by Gasteiger charge is -2.07. The number of nitrogens with zero attached hydrogens (tertiary/aromatic N) is 4. The minimum atomic E-state index is -0.438. The second kappa shape index (κ2) is 10.7. The number of rotatable bonds is 6. The number of anilines is 1. The van der Waals surface area contributed by atoms with Gasteiger partial charge in [-0.25, -0.2) is 9.37 Å². The van der Waals surface area contributed by atoms with E-state index < -0.39 is 5.82 Å². The molecule has 8 nitrogen and oxygen atoms in total. The zero-order valence-corrected chi connectivity index (χ0v) is 23.1. The van der Waals surface area contributed by atoms with Crippen LogP contribution in [0.3, 0.4) is 0 Å². The Labute approximate surface area is 248 Å². The summed E-state index contributed by atoms with van der Waals surface area (Å²) in [7, 11) is 0. The fourth-order valence-corrected chi connectivity index (χ4v) is 5.25. The quantitative estimate of drug-likeness (QED) is 0.210. The molecule has 7 aromatic rings. The SMILES string of the molecule is O=C(Cn1cc(C=Nn2c(-c3cc4cc(Cl)ccc4o3)nc3ccccc3c2=O)c2ccccc21)Nc1cccc(F)c1. The van der Waals surface area contributed by atoms with E-state index in [-0.39, 0.29) is 23.8 Å². The minimum Gasteiger partial charge on any atom is -0.453 e. The number of amides is 1. The van der Waals surface area contributed by atoms with Crippen molar-refractivity contribution in [2.24, 2.45) is 5.10 Å². The van der Waals surface area contributed by atoms with Crippen molar-refractivity contribution in [3.63, 3.8) is 0 Å². The van der Waals surface area contributed by atoms with Gasteiger partial charge in [0.2, 0.25) is 11.7 Å². The highest BCUT2D eigenvalue weighted by molar-refractivity contribution is 6.31. The van der Waals surface area contributed by atoms with Gasteiger partial charge in [0, 0.05) is 38.8 Å². The third-order valence-electron chi connectivity index (χ3n) is 7.01. The van der Waals surface area contributed by atoms with E-state index in [1.165, 1.54) is 22.9 Å². The summed E-state index contributed by atoms with van der Waals surface area (Å²) in [6.45, 7) is -0.0187. The number of fused-ring (bicyclic) bond motifs is 3. The highest BCUT2D eigenvalue weighted by Gasteiger charge is 2.17. The molecule has 1 amide bonds. The minimum absolute atomic E-state index is 0.0187. The van der Waals surface area contributed by atoms with Gasteiger partial charge in [0.1, 0.15) is 17.9 Å². The molecule has 10 heteroatoms. The summed E-state index contributed by atoms with van der Waals surface area (Å²) in [5.41, 5.74) is 2.57. The van der Waals surface area contributed by atoms with Gasteiger partial charge in [-0.15, -0.1) is 0 Å². The maximum absolute atomic E-state index is 13.7. The number of aromatic nitrogens is 3. The zero-order chi connectivity index (χ0) is 29.5. The highest BCUT2D eigenvalue weighted by Crippen LogP contribution is 2.29. The Kier molecular flexibility index (Phi) is 6.56. The predicted molar refractivity (Wildman–Crippen MR) is 166 cm³/mol. The summed E-state index contributed by atoms with van der Waals surface area (Å²) in [6, 6.07) is 27.3. The van der Waals surface area contributed by atoms with Gasteiger partial charge in [-0.2, -0.15) is 9.78 Å². The van der Waals surface area contributed by atoms with Crippen molar-refractivity contribution in [3.05, 3.63) is 130 Å². The fourth-order valence-electron chi connectivity index (χ4n) is 5.06. The zero-order valence-electron chi connectivity index (χ0n) is 22.4. The van der Waals surface area contributed by atoms with E-state index in [1.807, 2.05) is 30.3 Å². The maximum atomic E-state index is 13.7. The Morgan fingerprint density at radius 2 is 1.79 bits per heavy atom. The second-order valence-electron chi connectivity index (χ2n) is 9.89. The number of furan rings is 1. The average molecular weight is 590 g/mol. The van der Waals surface area contributed by atoms with Crippen molar-refractivity contribution in [1.82, 2.24) is 14.2 Å². The molecule has 3 aromatic heterocycles. The van der Waals surface area contributed by atoms with Crippen LogP contribution in [0.5, 0.6) is 0 Å². The summed E-state index contributed by atoms with van der Waals surface area (Å²) < 4.78 is 22.6. The van der Waals surface area contributed by atoms with E-state index in [1.54, 1.807) is 65.5 Å². The van der Waals surface area contributed by atoms with Gasteiger partial charge in [-0.1, -0.05) is 48.0 Å². The van der Waals surface area contributed by atoms with E-state index in [4.69, 9.17) is 21.0 Å². The number of carbonyl (C=O) groups is 1. The van der Waals surface area contributed by atoms with Crippen LogP contribution in [0, 0.1) is 5.82 Å². The first-order valence-corrected chi connectivity index (χ1v) is 13.7. The van der Waals surface area contributed by atoms with Gasteiger partial charge in [0.15, 0.2) is 5.76 Å². The van der Waals surface area contributed by atoms with Crippen molar-refractivity contribution < 1.29 is 13.6 Å². The number of hydrogen-bond acceptors (Lipinski definition) is 5. The number of carbonyl (C=O) groups excluding carboxylic acids is 1. The molecule has 0 aliphatic rings. The Morgan fingerprint density at radius 1 is 0.977 bits per heavy atom. The summed E-state index contributed by atoms with van der Waals surface area (Å²) in [5.74, 6) is -0.178.